The zero-order valence-corrected chi connectivity index (χ0v) is 14.4. The van der Waals surface area contributed by atoms with Gasteiger partial charge in [-0.3, -0.25) is 9.59 Å². The summed E-state index contributed by atoms with van der Waals surface area (Å²) in [5.74, 6) is 0.713. The minimum Gasteiger partial charge on any atom is -1.00 e. The molecule has 1 saturated heterocycles. The van der Waals surface area contributed by atoms with E-state index in [1.54, 1.807) is 6.92 Å². The molecule has 3 nitrogen and oxygen atoms in total. The summed E-state index contributed by atoms with van der Waals surface area (Å²) < 4.78 is 0. The molecule has 0 saturated carbocycles. The maximum atomic E-state index is 11.0. The van der Waals surface area contributed by atoms with Crippen LogP contribution >= 0.6 is 11.6 Å². The molecule has 18 heavy (non-hydrogen) atoms. The van der Waals surface area contributed by atoms with Crippen LogP contribution in [0.1, 0.15) is 32.6 Å². The largest absolute Gasteiger partial charge is 3.00 e. The molecule has 104 valence electrons. The molecule has 0 atom stereocenters. The van der Waals surface area contributed by atoms with Gasteiger partial charge in [-0.15, -0.1) is 0 Å². The van der Waals surface area contributed by atoms with E-state index >= 15 is 0 Å². The predicted molar refractivity (Wildman–Crippen MR) is 60.8 cm³/mol. The summed E-state index contributed by atoms with van der Waals surface area (Å²) >= 11 is 5.27. The number of amides is 1. The van der Waals surface area contributed by atoms with E-state index in [2.05, 4.69) is 0 Å². The third-order valence-corrected chi connectivity index (χ3v) is 3.00. The van der Waals surface area contributed by atoms with Crippen molar-refractivity contribution in [2.24, 2.45) is 5.92 Å². The van der Waals surface area contributed by atoms with Crippen molar-refractivity contribution in [2.45, 2.75) is 32.6 Å². The van der Waals surface area contributed by atoms with Crippen LogP contribution in [0.3, 0.4) is 0 Å². The summed E-state index contributed by atoms with van der Waals surface area (Å²) in [6.07, 6.45) is 3.34. The number of hydrogen-bond acceptors (Lipinski definition) is 2. The molecule has 1 aliphatic rings. The molecule has 0 bridgehead atoms. The van der Waals surface area contributed by atoms with Crippen molar-refractivity contribution in [3.05, 3.63) is 0 Å². The molecule has 0 aromatic heterocycles. The summed E-state index contributed by atoms with van der Waals surface area (Å²) in [7, 11) is 0. The zero-order valence-electron chi connectivity index (χ0n) is 10.2. The van der Waals surface area contributed by atoms with Crippen molar-refractivity contribution in [3.63, 3.8) is 0 Å². The van der Waals surface area contributed by atoms with E-state index in [1.807, 2.05) is 4.90 Å². The SMILES string of the molecule is CC(=O)N1CCC(CCC(=O)Cl)CC1.[Al+3].[Cl-].[Cl-].[Cl-]. The molecule has 8 heteroatoms. The fourth-order valence-electron chi connectivity index (χ4n) is 1.85. The predicted octanol–water partition coefficient (Wildman–Crippen LogP) is -7.58. The quantitative estimate of drug-likeness (QED) is 0.374. The van der Waals surface area contributed by atoms with Crippen LogP contribution in [-0.2, 0) is 9.59 Å². The number of nitrogens with zero attached hydrogens (tertiary/aromatic N) is 1. The molecule has 1 fully saturated rings. The molecular weight excluding hydrogens is 335 g/mol. The van der Waals surface area contributed by atoms with Gasteiger partial charge in [-0.2, -0.15) is 0 Å². The Morgan fingerprint density at radius 2 is 1.61 bits per heavy atom. The van der Waals surface area contributed by atoms with E-state index in [1.165, 1.54) is 0 Å². The van der Waals surface area contributed by atoms with Gasteiger partial charge < -0.3 is 42.1 Å². The first kappa shape index (κ1) is 27.2. The molecule has 0 aromatic carbocycles. The number of halogens is 4. The fourth-order valence-corrected chi connectivity index (χ4v) is 1.96. The average Bonchev–Trinajstić information content (AvgIpc) is 2.15. The van der Waals surface area contributed by atoms with Crippen molar-refractivity contribution in [3.8, 4) is 0 Å². The molecule has 1 heterocycles. The van der Waals surface area contributed by atoms with E-state index in [9.17, 15) is 9.59 Å². The third-order valence-electron chi connectivity index (χ3n) is 2.81. The number of carbonyl (C=O) groups excluding carboxylic acids is 2. The zero-order chi connectivity index (χ0) is 10.6. The molecule has 0 N–H and O–H groups in total. The molecule has 0 radical (unpaired) electrons. The first-order valence-electron chi connectivity index (χ1n) is 5.03. The minimum absolute atomic E-state index is 0. The standard InChI is InChI=1S/C10H16ClNO2.Al.3ClH/c1-8(13)12-6-4-9(5-7-12)2-3-10(11)14;;;;/h9H,2-7H2,1H3;;3*1H/q;+3;;;/p-3. The van der Waals surface area contributed by atoms with Gasteiger partial charge >= 0.3 is 17.4 Å². The van der Waals surface area contributed by atoms with Gasteiger partial charge in [-0.25, -0.2) is 0 Å². The minimum atomic E-state index is -0.251. The smallest absolute Gasteiger partial charge is 1.00 e. The van der Waals surface area contributed by atoms with E-state index < -0.39 is 0 Å². The molecule has 0 spiro atoms. The average molecular weight is 351 g/mol. The summed E-state index contributed by atoms with van der Waals surface area (Å²) in [5, 5.41) is -0.251. The number of rotatable bonds is 3. The first-order valence-corrected chi connectivity index (χ1v) is 5.41. The van der Waals surface area contributed by atoms with Crippen molar-refractivity contribution in [1.82, 2.24) is 4.90 Å². The second-order valence-electron chi connectivity index (χ2n) is 3.84. The maximum Gasteiger partial charge on any atom is 3.00 e. The molecule has 1 rings (SSSR count). The van der Waals surface area contributed by atoms with Crippen molar-refractivity contribution in [2.75, 3.05) is 13.1 Å². The molecule has 1 amide bonds. The van der Waals surface area contributed by atoms with Crippen molar-refractivity contribution in [1.29, 1.82) is 0 Å². The van der Waals surface area contributed by atoms with Crippen LogP contribution in [0.2, 0.25) is 0 Å². The van der Waals surface area contributed by atoms with E-state index in [4.69, 9.17) is 11.6 Å². The molecule has 0 unspecified atom stereocenters. The van der Waals surface area contributed by atoms with Gasteiger partial charge in [0, 0.05) is 26.4 Å². The Hall–Kier alpha value is 0.832. The summed E-state index contributed by atoms with van der Waals surface area (Å²) in [4.78, 5) is 23.4. The van der Waals surface area contributed by atoms with E-state index in [0.717, 1.165) is 32.4 Å². The molecule has 1 aliphatic heterocycles. The Balaban J connectivity index is -0.000000245. The Labute approximate surface area is 143 Å². The number of hydrogen-bond donors (Lipinski definition) is 0. The fraction of sp³-hybridized carbons (Fsp3) is 0.800. The normalized spacial score (nSPS) is 14.2. The van der Waals surface area contributed by atoms with Crippen LogP contribution in [-0.4, -0.2) is 46.5 Å². The Morgan fingerprint density at radius 3 is 1.94 bits per heavy atom. The van der Waals surface area contributed by atoms with Gasteiger partial charge in [-0.1, -0.05) is 0 Å². The summed E-state index contributed by atoms with van der Waals surface area (Å²) in [5.41, 5.74) is 0. The van der Waals surface area contributed by atoms with Crippen molar-refractivity contribution >= 4 is 40.1 Å². The molecule has 0 aromatic rings. The first-order chi connectivity index (χ1) is 6.59. The van der Waals surface area contributed by atoms with Crippen molar-refractivity contribution < 1.29 is 46.8 Å². The van der Waals surface area contributed by atoms with Crippen LogP contribution < -0.4 is 37.2 Å². The number of carbonyl (C=O) groups is 2. The van der Waals surface area contributed by atoms with Gasteiger partial charge in [0.25, 0.3) is 0 Å². The van der Waals surface area contributed by atoms with Crippen LogP contribution in [0.25, 0.3) is 0 Å². The topological polar surface area (TPSA) is 37.4 Å². The van der Waals surface area contributed by atoms with Crippen LogP contribution in [0, 0.1) is 5.92 Å². The molecular formula is C10H16AlCl4NO2. The second kappa shape index (κ2) is 14.2. The van der Waals surface area contributed by atoms with Crippen LogP contribution in [0.5, 0.6) is 0 Å². The van der Waals surface area contributed by atoms with Crippen LogP contribution in [0.15, 0.2) is 0 Å². The number of piperidine rings is 1. The monoisotopic (exact) mass is 349 g/mol. The van der Waals surface area contributed by atoms with Gasteiger partial charge in [0.2, 0.25) is 11.1 Å². The van der Waals surface area contributed by atoms with Crippen LogP contribution in [0.4, 0.5) is 0 Å². The Bertz CT molecular complexity index is 236. The maximum absolute atomic E-state index is 11.0. The Kier molecular flexibility index (Phi) is 21.5. The van der Waals surface area contributed by atoms with Gasteiger partial charge in [-0.05, 0) is 36.8 Å². The van der Waals surface area contributed by atoms with Gasteiger partial charge in [0.15, 0.2) is 0 Å². The van der Waals surface area contributed by atoms with Gasteiger partial charge in [0.05, 0.1) is 0 Å². The third kappa shape index (κ3) is 10.7. The summed E-state index contributed by atoms with van der Waals surface area (Å²) in [6.45, 7) is 3.26. The number of likely N-dealkylation sites (tertiary alicyclic amines) is 1. The summed E-state index contributed by atoms with van der Waals surface area (Å²) in [6, 6.07) is 0. The van der Waals surface area contributed by atoms with E-state index in [-0.39, 0.29) is 65.7 Å². The molecule has 0 aliphatic carbocycles. The second-order valence-corrected chi connectivity index (χ2v) is 4.26. The van der Waals surface area contributed by atoms with Gasteiger partial charge in [0.1, 0.15) is 0 Å². The Morgan fingerprint density at radius 1 is 1.17 bits per heavy atom. The van der Waals surface area contributed by atoms with E-state index in [0.29, 0.717) is 12.3 Å².